The Bertz CT molecular complexity index is 408. The van der Waals surface area contributed by atoms with Crippen LogP contribution in [0, 0.1) is 12.8 Å². The van der Waals surface area contributed by atoms with E-state index in [2.05, 4.69) is 17.3 Å². The highest BCUT2D eigenvalue weighted by atomic mass is 16.3. The van der Waals surface area contributed by atoms with Crippen LogP contribution in [-0.2, 0) is 6.54 Å². The fourth-order valence-corrected chi connectivity index (χ4v) is 2.75. The van der Waals surface area contributed by atoms with Crippen LogP contribution in [0.25, 0.3) is 0 Å². The predicted octanol–water partition coefficient (Wildman–Crippen LogP) is 2.15. The summed E-state index contributed by atoms with van der Waals surface area (Å²) in [4.78, 5) is 0. The Morgan fingerprint density at radius 3 is 2.68 bits per heavy atom. The van der Waals surface area contributed by atoms with Gasteiger partial charge in [0.25, 0.3) is 0 Å². The number of nitrogens with zero attached hydrogens (tertiary/aromatic N) is 2. The molecule has 108 valence electrons. The van der Waals surface area contributed by atoms with Crippen molar-refractivity contribution in [2.45, 2.75) is 58.6 Å². The zero-order chi connectivity index (χ0) is 13.8. The second kappa shape index (κ2) is 6.28. The summed E-state index contributed by atoms with van der Waals surface area (Å²) in [5.74, 6) is 1.60. The normalized spacial score (nSPS) is 23.5. The van der Waals surface area contributed by atoms with E-state index >= 15 is 0 Å². The van der Waals surface area contributed by atoms with Crippen LogP contribution >= 0.6 is 0 Å². The van der Waals surface area contributed by atoms with Gasteiger partial charge in [-0.1, -0.05) is 6.92 Å². The number of aliphatic hydroxyl groups excluding tert-OH is 1. The Hall–Kier alpha value is -1.23. The summed E-state index contributed by atoms with van der Waals surface area (Å²) in [6.07, 6.45) is 4.99. The summed E-state index contributed by atoms with van der Waals surface area (Å²) in [7, 11) is 0. The lowest BCUT2D eigenvalue weighted by Crippen LogP contribution is -2.24. The van der Waals surface area contributed by atoms with Crippen molar-refractivity contribution in [3.8, 4) is 0 Å². The number of nitrogens with two attached hydrogens (primary N) is 1. The molecule has 0 aliphatic heterocycles. The molecule has 1 fully saturated rings. The van der Waals surface area contributed by atoms with Gasteiger partial charge in [0.1, 0.15) is 5.82 Å². The van der Waals surface area contributed by atoms with Crippen molar-refractivity contribution in [1.82, 2.24) is 9.78 Å². The zero-order valence-corrected chi connectivity index (χ0v) is 12.0. The number of hydrogen-bond donors (Lipinski definition) is 3. The van der Waals surface area contributed by atoms with Crippen molar-refractivity contribution in [2.75, 3.05) is 17.6 Å². The van der Waals surface area contributed by atoms with Crippen LogP contribution in [0.1, 0.15) is 44.7 Å². The lowest BCUT2D eigenvalue weighted by molar-refractivity contribution is 0.111. The maximum absolute atomic E-state index is 9.52. The topological polar surface area (TPSA) is 76.1 Å². The van der Waals surface area contributed by atoms with Crippen molar-refractivity contribution in [2.24, 2.45) is 5.92 Å². The SMILES string of the molecule is CCCn1nc(C)c(N)c1NCC1CCC(O)CC1. The van der Waals surface area contributed by atoms with E-state index < -0.39 is 0 Å². The highest BCUT2D eigenvalue weighted by Gasteiger charge is 2.20. The maximum atomic E-state index is 9.52. The standard InChI is InChI=1S/C14H26N4O/c1-3-8-18-14(13(15)10(2)17-18)16-9-11-4-6-12(19)7-5-11/h11-12,16,19H,3-9,15H2,1-2H3. The van der Waals surface area contributed by atoms with Gasteiger partial charge in [0, 0.05) is 13.1 Å². The highest BCUT2D eigenvalue weighted by molar-refractivity contribution is 5.64. The summed E-state index contributed by atoms with van der Waals surface area (Å²) in [5, 5.41) is 17.4. The van der Waals surface area contributed by atoms with Crippen LogP contribution in [0.4, 0.5) is 11.5 Å². The molecule has 5 heteroatoms. The summed E-state index contributed by atoms with van der Waals surface area (Å²) >= 11 is 0. The molecule has 1 aliphatic carbocycles. The average molecular weight is 266 g/mol. The molecule has 0 atom stereocenters. The predicted molar refractivity (Wildman–Crippen MR) is 78.1 cm³/mol. The molecule has 1 aromatic heterocycles. The van der Waals surface area contributed by atoms with Gasteiger partial charge in [0.2, 0.25) is 0 Å². The van der Waals surface area contributed by atoms with Gasteiger partial charge >= 0.3 is 0 Å². The third-order valence-corrected chi connectivity index (χ3v) is 3.98. The van der Waals surface area contributed by atoms with Crippen molar-refractivity contribution in [3.05, 3.63) is 5.69 Å². The van der Waals surface area contributed by atoms with E-state index in [9.17, 15) is 5.11 Å². The molecule has 1 aromatic rings. The molecule has 19 heavy (non-hydrogen) atoms. The molecule has 5 nitrogen and oxygen atoms in total. The van der Waals surface area contributed by atoms with Crippen molar-refractivity contribution < 1.29 is 5.11 Å². The van der Waals surface area contributed by atoms with Gasteiger partial charge < -0.3 is 16.2 Å². The van der Waals surface area contributed by atoms with Crippen LogP contribution in [0.3, 0.4) is 0 Å². The van der Waals surface area contributed by atoms with E-state index in [1.807, 2.05) is 11.6 Å². The molecule has 0 radical (unpaired) electrons. The van der Waals surface area contributed by atoms with Gasteiger partial charge in [-0.05, 0) is 44.9 Å². The smallest absolute Gasteiger partial charge is 0.148 e. The molecule has 0 spiro atoms. The van der Waals surface area contributed by atoms with Gasteiger partial charge in [-0.3, -0.25) is 0 Å². The Labute approximate surface area is 115 Å². The highest BCUT2D eigenvalue weighted by Crippen LogP contribution is 2.27. The van der Waals surface area contributed by atoms with E-state index in [1.165, 1.54) is 0 Å². The quantitative estimate of drug-likeness (QED) is 0.763. The van der Waals surface area contributed by atoms with Crippen LogP contribution in [0.15, 0.2) is 0 Å². The summed E-state index contributed by atoms with van der Waals surface area (Å²) < 4.78 is 1.97. The van der Waals surface area contributed by atoms with Gasteiger partial charge in [-0.15, -0.1) is 0 Å². The molecule has 0 saturated heterocycles. The lowest BCUT2D eigenvalue weighted by Gasteiger charge is -2.26. The maximum Gasteiger partial charge on any atom is 0.148 e. The van der Waals surface area contributed by atoms with E-state index in [1.54, 1.807) is 0 Å². The Balaban J connectivity index is 1.95. The summed E-state index contributed by atoms with van der Waals surface area (Å²) in [6.45, 7) is 5.90. The second-order valence-electron chi connectivity index (χ2n) is 5.63. The molecule has 0 unspecified atom stereocenters. The lowest BCUT2D eigenvalue weighted by atomic mass is 9.87. The summed E-state index contributed by atoms with van der Waals surface area (Å²) in [6, 6.07) is 0. The number of anilines is 2. The van der Waals surface area contributed by atoms with Crippen LogP contribution in [0.2, 0.25) is 0 Å². The van der Waals surface area contributed by atoms with Crippen LogP contribution < -0.4 is 11.1 Å². The van der Waals surface area contributed by atoms with Gasteiger partial charge in [-0.2, -0.15) is 5.10 Å². The zero-order valence-electron chi connectivity index (χ0n) is 12.0. The molecular formula is C14H26N4O. The number of aliphatic hydroxyl groups is 1. The molecule has 0 bridgehead atoms. The number of aromatic nitrogens is 2. The summed E-state index contributed by atoms with van der Waals surface area (Å²) in [5.41, 5.74) is 7.75. The Kier molecular flexibility index (Phi) is 4.69. The number of nitrogen functional groups attached to an aromatic ring is 1. The molecule has 1 saturated carbocycles. The molecule has 1 aliphatic rings. The first kappa shape index (κ1) is 14.2. The molecule has 1 heterocycles. The van der Waals surface area contributed by atoms with Gasteiger partial charge in [0.05, 0.1) is 17.5 Å². The van der Waals surface area contributed by atoms with Gasteiger partial charge in [0.15, 0.2) is 0 Å². The van der Waals surface area contributed by atoms with Crippen molar-refractivity contribution in [1.29, 1.82) is 0 Å². The average Bonchev–Trinajstić information content (AvgIpc) is 2.65. The number of rotatable bonds is 5. The fraction of sp³-hybridized carbons (Fsp3) is 0.786. The first-order valence-corrected chi connectivity index (χ1v) is 7.36. The minimum atomic E-state index is -0.0887. The van der Waals surface area contributed by atoms with Crippen LogP contribution in [0.5, 0.6) is 0 Å². The molecule has 2 rings (SSSR count). The van der Waals surface area contributed by atoms with E-state index in [0.717, 1.165) is 62.4 Å². The van der Waals surface area contributed by atoms with Crippen molar-refractivity contribution >= 4 is 11.5 Å². The molecule has 0 aromatic carbocycles. The minimum Gasteiger partial charge on any atom is -0.394 e. The molecular weight excluding hydrogens is 240 g/mol. The minimum absolute atomic E-state index is 0.0887. The monoisotopic (exact) mass is 266 g/mol. The number of aryl methyl sites for hydroxylation is 2. The first-order valence-electron chi connectivity index (χ1n) is 7.36. The van der Waals surface area contributed by atoms with Gasteiger partial charge in [-0.25, -0.2) is 4.68 Å². The second-order valence-corrected chi connectivity index (χ2v) is 5.63. The van der Waals surface area contributed by atoms with E-state index in [-0.39, 0.29) is 6.10 Å². The molecule has 0 amide bonds. The number of nitrogens with one attached hydrogen (secondary N) is 1. The van der Waals surface area contributed by atoms with Crippen LogP contribution in [-0.4, -0.2) is 27.5 Å². The van der Waals surface area contributed by atoms with Crippen molar-refractivity contribution in [3.63, 3.8) is 0 Å². The Morgan fingerprint density at radius 1 is 1.37 bits per heavy atom. The first-order chi connectivity index (χ1) is 9.11. The van der Waals surface area contributed by atoms with E-state index in [0.29, 0.717) is 5.92 Å². The fourth-order valence-electron chi connectivity index (χ4n) is 2.75. The van der Waals surface area contributed by atoms with E-state index in [4.69, 9.17) is 5.73 Å². The third-order valence-electron chi connectivity index (χ3n) is 3.98. The third kappa shape index (κ3) is 3.41. The number of hydrogen-bond acceptors (Lipinski definition) is 4. The Morgan fingerprint density at radius 2 is 2.05 bits per heavy atom. The molecule has 4 N–H and O–H groups in total. The largest absolute Gasteiger partial charge is 0.394 e.